The lowest BCUT2D eigenvalue weighted by molar-refractivity contribution is -0.385. The summed E-state index contributed by atoms with van der Waals surface area (Å²) >= 11 is 4.07. The van der Waals surface area contributed by atoms with Crippen molar-refractivity contribution in [1.82, 2.24) is 0 Å². The molecule has 0 heterocycles. The van der Waals surface area contributed by atoms with Crippen LogP contribution in [0.4, 0.5) is 5.69 Å². The van der Waals surface area contributed by atoms with Crippen LogP contribution >= 0.6 is 12.6 Å². The standard InChI is InChI=1S/C9H9NO4S/c1-5(15)6-3-2-4-7(9(11)12)8(6)10(13)14/h2-5,15H,1H3,(H,11,12). The molecule has 1 aromatic carbocycles. The molecule has 1 unspecified atom stereocenters. The summed E-state index contributed by atoms with van der Waals surface area (Å²) in [6.07, 6.45) is 0. The van der Waals surface area contributed by atoms with Crippen molar-refractivity contribution in [3.05, 3.63) is 39.4 Å². The smallest absolute Gasteiger partial charge is 0.342 e. The van der Waals surface area contributed by atoms with Crippen molar-refractivity contribution in [2.75, 3.05) is 0 Å². The third kappa shape index (κ3) is 2.27. The third-order valence-electron chi connectivity index (χ3n) is 1.93. The second kappa shape index (κ2) is 4.31. The van der Waals surface area contributed by atoms with Gasteiger partial charge in [0, 0.05) is 10.8 Å². The van der Waals surface area contributed by atoms with E-state index in [1.54, 1.807) is 6.92 Å². The first-order valence-electron chi connectivity index (χ1n) is 4.13. The van der Waals surface area contributed by atoms with Gasteiger partial charge in [-0.2, -0.15) is 12.6 Å². The molecule has 1 atom stereocenters. The van der Waals surface area contributed by atoms with Crippen LogP contribution in [-0.4, -0.2) is 16.0 Å². The van der Waals surface area contributed by atoms with Crippen LogP contribution in [0.2, 0.25) is 0 Å². The minimum Gasteiger partial charge on any atom is -0.477 e. The number of rotatable bonds is 3. The van der Waals surface area contributed by atoms with Crippen molar-refractivity contribution in [3.8, 4) is 0 Å². The molecule has 1 N–H and O–H groups in total. The molecule has 0 radical (unpaired) electrons. The number of carboxylic acids is 1. The molecular weight excluding hydrogens is 218 g/mol. The van der Waals surface area contributed by atoms with Crippen molar-refractivity contribution in [1.29, 1.82) is 0 Å². The number of hydrogen-bond acceptors (Lipinski definition) is 4. The van der Waals surface area contributed by atoms with Gasteiger partial charge in [-0.05, 0) is 13.0 Å². The number of nitrogens with zero attached hydrogens (tertiary/aromatic N) is 1. The van der Waals surface area contributed by atoms with Crippen LogP contribution in [0, 0.1) is 10.1 Å². The molecule has 80 valence electrons. The number of para-hydroxylation sites is 1. The number of nitro groups is 1. The monoisotopic (exact) mass is 227 g/mol. The number of thiol groups is 1. The van der Waals surface area contributed by atoms with Gasteiger partial charge in [0.1, 0.15) is 5.56 Å². The molecule has 0 fully saturated rings. The Hall–Kier alpha value is -1.56. The molecular formula is C9H9NO4S. The predicted molar refractivity (Wildman–Crippen MR) is 57.5 cm³/mol. The van der Waals surface area contributed by atoms with Gasteiger partial charge in [-0.1, -0.05) is 12.1 Å². The molecule has 0 aliphatic rings. The van der Waals surface area contributed by atoms with Crippen molar-refractivity contribution in [3.63, 3.8) is 0 Å². The molecule has 0 saturated heterocycles. The Morgan fingerprint density at radius 2 is 2.20 bits per heavy atom. The van der Waals surface area contributed by atoms with E-state index in [1.807, 2.05) is 0 Å². The van der Waals surface area contributed by atoms with Gasteiger partial charge in [-0.25, -0.2) is 4.79 Å². The van der Waals surface area contributed by atoms with E-state index in [4.69, 9.17) is 5.11 Å². The van der Waals surface area contributed by atoms with Gasteiger partial charge in [0.2, 0.25) is 0 Å². The van der Waals surface area contributed by atoms with Gasteiger partial charge < -0.3 is 5.11 Å². The summed E-state index contributed by atoms with van der Waals surface area (Å²) in [7, 11) is 0. The molecule has 1 aromatic rings. The molecule has 0 bridgehead atoms. The highest BCUT2D eigenvalue weighted by atomic mass is 32.1. The summed E-state index contributed by atoms with van der Waals surface area (Å²) in [5.74, 6) is -1.31. The number of carboxylic acid groups (broad SMARTS) is 1. The molecule has 0 amide bonds. The van der Waals surface area contributed by atoms with Gasteiger partial charge in [-0.15, -0.1) is 0 Å². The molecule has 6 heteroatoms. The zero-order valence-corrected chi connectivity index (χ0v) is 8.77. The lowest BCUT2D eigenvalue weighted by Crippen LogP contribution is -2.05. The number of aromatic carboxylic acids is 1. The summed E-state index contributed by atoms with van der Waals surface area (Å²) < 4.78 is 0. The molecule has 5 nitrogen and oxygen atoms in total. The van der Waals surface area contributed by atoms with E-state index in [9.17, 15) is 14.9 Å². The summed E-state index contributed by atoms with van der Waals surface area (Å²) in [4.78, 5) is 20.8. The Bertz CT molecular complexity index is 417. The van der Waals surface area contributed by atoms with E-state index in [1.165, 1.54) is 18.2 Å². The zero-order chi connectivity index (χ0) is 11.6. The van der Waals surface area contributed by atoms with Gasteiger partial charge in [0.15, 0.2) is 0 Å². The second-order valence-corrected chi connectivity index (χ2v) is 3.76. The number of nitro benzene ring substituents is 1. The van der Waals surface area contributed by atoms with Crippen LogP contribution in [0.3, 0.4) is 0 Å². The maximum atomic E-state index is 10.8. The van der Waals surface area contributed by atoms with E-state index in [-0.39, 0.29) is 16.5 Å². The topological polar surface area (TPSA) is 80.4 Å². The highest BCUT2D eigenvalue weighted by Crippen LogP contribution is 2.31. The highest BCUT2D eigenvalue weighted by molar-refractivity contribution is 7.80. The fraction of sp³-hybridized carbons (Fsp3) is 0.222. The van der Waals surface area contributed by atoms with Crippen LogP contribution < -0.4 is 0 Å². The van der Waals surface area contributed by atoms with Crippen LogP contribution in [0.5, 0.6) is 0 Å². The van der Waals surface area contributed by atoms with E-state index in [0.717, 1.165) is 0 Å². The molecule has 0 saturated carbocycles. The Balaban J connectivity index is 3.48. The Kier molecular flexibility index (Phi) is 3.31. The van der Waals surface area contributed by atoms with Crippen LogP contribution in [0.1, 0.15) is 28.1 Å². The molecule has 0 aromatic heterocycles. The first-order valence-corrected chi connectivity index (χ1v) is 4.65. The maximum Gasteiger partial charge on any atom is 0.342 e. The number of carbonyl (C=O) groups is 1. The van der Waals surface area contributed by atoms with E-state index in [2.05, 4.69) is 12.6 Å². The van der Waals surface area contributed by atoms with E-state index < -0.39 is 10.9 Å². The summed E-state index contributed by atoms with van der Waals surface area (Å²) in [5.41, 5.74) is -0.380. The van der Waals surface area contributed by atoms with Crippen LogP contribution in [-0.2, 0) is 0 Å². The van der Waals surface area contributed by atoms with Crippen molar-refractivity contribution in [2.24, 2.45) is 0 Å². The maximum absolute atomic E-state index is 10.8. The third-order valence-corrected chi connectivity index (χ3v) is 2.21. The average Bonchev–Trinajstić information content (AvgIpc) is 2.16. The number of hydrogen-bond donors (Lipinski definition) is 2. The van der Waals surface area contributed by atoms with Gasteiger partial charge >= 0.3 is 5.97 Å². The second-order valence-electron chi connectivity index (χ2n) is 2.98. The lowest BCUT2D eigenvalue weighted by atomic mass is 10.1. The lowest BCUT2D eigenvalue weighted by Gasteiger charge is -2.07. The normalized spacial score (nSPS) is 12.1. The summed E-state index contributed by atoms with van der Waals surface area (Å²) in [6.45, 7) is 1.65. The van der Waals surface area contributed by atoms with Crippen molar-refractivity contribution >= 4 is 24.3 Å². The Morgan fingerprint density at radius 3 is 2.60 bits per heavy atom. The molecule has 0 aliphatic heterocycles. The van der Waals surface area contributed by atoms with Crippen LogP contribution in [0.15, 0.2) is 18.2 Å². The van der Waals surface area contributed by atoms with Gasteiger partial charge in [-0.3, -0.25) is 10.1 Å². The minimum absolute atomic E-state index is 0.307. The molecule has 0 spiro atoms. The first-order chi connectivity index (χ1) is 6.95. The fourth-order valence-corrected chi connectivity index (χ4v) is 1.48. The van der Waals surface area contributed by atoms with E-state index >= 15 is 0 Å². The molecule has 0 aliphatic carbocycles. The molecule has 15 heavy (non-hydrogen) atoms. The predicted octanol–water partition coefficient (Wildman–Crippen LogP) is 2.28. The van der Waals surface area contributed by atoms with E-state index in [0.29, 0.717) is 5.56 Å². The van der Waals surface area contributed by atoms with Gasteiger partial charge in [0.05, 0.1) is 4.92 Å². The summed E-state index contributed by atoms with van der Waals surface area (Å²) in [5, 5.41) is 19.2. The summed E-state index contributed by atoms with van der Waals surface area (Å²) in [6, 6.07) is 4.18. The minimum atomic E-state index is -1.31. The van der Waals surface area contributed by atoms with Crippen LogP contribution in [0.25, 0.3) is 0 Å². The molecule has 1 rings (SSSR count). The largest absolute Gasteiger partial charge is 0.477 e. The zero-order valence-electron chi connectivity index (χ0n) is 7.88. The quantitative estimate of drug-likeness (QED) is 0.471. The Labute approximate surface area is 91.3 Å². The average molecular weight is 227 g/mol. The van der Waals surface area contributed by atoms with Crippen molar-refractivity contribution in [2.45, 2.75) is 12.2 Å². The SMILES string of the molecule is CC(S)c1cccc(C(=O)O)c1[N+](=O)[O-]. The Morgan fingerprint density at radius 1 is 1.60 bits per heavy atom. The number of benzene rings is 1. The highest BCUT2D eigenvalue weighted by Gasteiger charge is 2.25. The van der Waals surface area contributed by atoms with Gasteiger partial charge in [0.25, 0.3) is 5.69 Å². The first kappa shape index (κ1) is 11.5. The van der Waals surface area contributed by atoms with Crippen molar-refractivity contribution < 1.29 is 14.8 Å². The fourth-order valence-electron chi connectivity index (χ4n) is 1.27.